The predicted octanol–water partition coefficient (Wildman–Crippen LogP) is 6.59. The second-order valence-corrected chi connectivity index (χ2v) is 11.0. The van der Waals surface area contributed by atoms with Crippen LogP contribution in [-0.2, 0) is 10.3 Å². The van der Waals surface area contributed by atoms with Crippen molar-refractivity contribution in [2.45, 2.75) is 77.2 Å². The van der Waals surface area contributed by atoms with Crippen molar-refractivity contribution in [3.05, 3.63) is 94.2 Å². The monoisotopic (exact) mass is 520 g/mol. The second kappa shape index (κ2) is 10.4. The molecule has 5 rings (SSSR count). The van der Waals surface area contributed by atoms with Crippen LogP contribution < -0.4 is 5.56 Å². The summed E-state index contributed by atoms with van der Waals surface area (Å²) in [5.74, 6) is -0.457. The van der Waals surface area contributed by atoms with E-state index in [1.165, 1.54) is 6.07 Å². The first-order chi connectivity index (χ1) is 17.6. The number of amides is 1. The highest BCUT2D eigenvalue weighted by Crippen LogP contribution is 2.43. The highest BCUT2D eigenvalue weighted by Gasteiger charge is 2.47. The molecule has 2 aliphatic rings. The lowest BCUT2D eigenvalue weighted by Crippen LogP contribution is -2.51. The van der Waals surface area contributed by atoms with Gasteiger partial charge in [-0.3, -0.25) is 4.79 Å². The quantitative estimate of drug-likeness (QED) is 0.382. The number of ether oxygens (including phenoxy) is 1. The summed E-state index contributed by atoms with van der Waals surface area (Å²) in [7, 11) is 0. The Hall–Kier alpha value is -3.45. The normalized spacial score (nSPS) is 20.4. The van der Waals surface area contributed by atoms with Gasteiger partial charge in [0.25, 0.3) is 5.56 Å². The van der Waals surface area contributed by atoms with Crippen molar-refractivity contribution >= 4 is 6.09 Å². The van der Waals surface area contributed by atoms with Crippen LogP contribution in [0.2, 0.25) is 0 Å². The molecular weight excluding hydrogens is 483 g/mol. The Bertz CT molecular complexity index is 1360. The number of hydrogen-bond acceptors (Lipinski definition) is 4. The van der Waals surface area contributed by atoms with Crippen LogP contribution in [0.15, 0.2) is 71.7 Å². The number of cyclic esters (lactones) is 1. The molecule has 2 heterocycles. The summed E-state index contributed by atoms with van der Waals surface area (Å²) in [6, 6.07) is 17.8. The Labute approximate surface area is 223 Å². The van der Waals surface area contributed by atoms with E-state index >= 15 is 0 Å². The first-order valence-electron chi connectivity index (χ1n) is 12.9. The third-order valence-electron chi connectivity index (χ3n) is 7.44. The van der Waals surface area contributed by atoms with Gasteiger partial charge in [-0.25, -0.2) is 9.18 Å². The first kappa shape index (κ1) is 27.6. The van der Waals surface area contributed by atoms with E-state index in [9.17, 15) is 19.1 Å². The molecule has 1 aliphatic heterocycles. The van der Waals surface area contributed by atoms with E-state index in [4.69, 9.17) is 4.74 Å². The van der Waals surface area contributed by atoms with Gasteiger partial charge in [-0.05, 0) is 62.4 Å². The van der Waals surface area contributed by atoms with Crippen LogP contribution in [0.3, 0.4) is 0 Å². The number of benzene rings is 2. The van der Waals surface area contributed by atoms with Crippen LogP contribution in [0.25, 0.3) is 11.1 Å². The molecule has 1 saturated carbocycles. The Kier molecular flexibility index (Phi) is 7.53. The van der Waals surface area contributed by atoms with E-state index in [1.807, 2.05) is 43.5 Å². The third-order valence-corrected chi connectivity index (χ3v) is 7.44. The van der Waals surface area contributed by atoms with Gasteiger partial charge in [0.05, 0.1) is 11.6 Å². The molecule has 3 aromatic rings. The van der Waals surface area contributed by atoms with Gasteiger partial charge in [-0.2, -0.15) is 0 Å². The smallest absolute Gasteiger partial charge is 0.411 e. The topological polar surface area (TPSA) is 71.8 Å². The van der Waals surface area contributed by atoms with Gasteiger partial charge in [0.15, 0.2) is 0 Å². The predicted molar refractivity (Wildman–Crippen MR) is 146 cm³/mol. The number of nitrogens with zero attached hydrogens (tertiary/aromatic N) is 2. The fourth-order valence-electron chi connectivity index (χ4n) is 5.42. The molecular formula is C31H37FN2O4. The Morgan fingerprint density at radius 2 is 1.76 bits per heavy atom. The molecule has 1 aliphatic carbocycles. The molecule has 1 amide bonds. The molecule has 0 spiro atoms. The third kappa shape index (κ3) is 5.53. The highest BCUT2D eigenvalue weighted by molar-refractivity contribution is 5.70. The number of hydrogen-bond donors (Lipinski definition) is 1. The number of carbonyl (C=O) groups is 1. The summed E-state index contributed by atoms with van der Waals surface area (Å²) < 4.78 is 22.6. The molecule has 1 N–H and O–H groups in total. The van der Waals surface area contributed by atoms with Crippen molar-refractivity contribution in [2.75, 3.05) is 6.54 Å². The first-order valence-corrected chi connectivity index (χ1v) is 12.9. The molecule has 2 atom stereocenters. The number of pyridine rings is 1. The molecule has 6 nitrogen and oxygen atoms in total. The minimum Gasteiger partial charge on any atom is -0.438 e. The van der Waals surface area contributed by atoms with Crippen molar-refractivity contribution in [1.82, 2.24) is 9.47 Å². The summed E-state index contributed by atoms with van der Waals surface area (Å²) >= 11 is 0. The van der Waals surface area contributed by atoms with E-state index in [2.05, 4.69) is 0 Å². The zero-order chi connectivity index (χ0) is 26.4. The fourth-order valence-corrected chi connectivity index (χ4v) is 5.42. The second-order valence-electron chi connectivity index (χ2n) is 11.0. The lowest BCUT2D eigenvalue weighted by atomic mass is 9.79. The molecule has 0 radical (unpaired) electrons. The SMILES string of the molecule is C.C[C@@H](c1ccc(-c2ccn(C3CC3)c(=O)c2)cc1)N1CC[C@](CC(C)(C)O)(c2ccccc2F)OC1=O. The minimum absolute atomic E-state index is 0. The van der Waals surface area contributed by atoms with Crippen molar-refractivity contribution in [2.24, 2.45) is 0 Å². The van der Waals surface area contributed by atoms with Crippen LogP contribution in [0.5, 0.6) is 0 Å². The Morgan fingerprint density at radius 3 is 2.34 bits per heavy atom. The molecule has 2 aromatic carbocycles. The zero-order valence-corrected chi connectivity index (χ0v) is 21.5. The maximum Gasteiger partial charge on any atom is 0.411 e. The molecule has 202 valence electrons. The molecule has 0 bridgehead atoms. The molecule has 2 fully saturated rings. The van der Waals surface area contributed by atoms with Crippen LogP contribution >= 0.6 is 0 Å². The highest BCUT2D eigenvalue weighted by atomic mass is 19.1. The van der Waals surface area contributed by atoms with Crippen molar-refractivity contribution in [1.29, 1.82) is 0 Å². The number of aliphatic hydroxyl groups is 1. The zero-order valence-electron chi connectivity index (χ0n) is 21.5. The van der Waals surface area contributed by atoms with Crippen LogP contribution in [0, 0.1) is 5.82 Å². The van der Waals surface area contributed by atoms with Gasteiger partial charge in [0, 0.05) is 43.3 Å². The largest absolute Gasteiger partial charge is 0.438 e. The van der Waals surface area contributed by atoms with E-state index in [1.54, 1.807) is 47.6 Å². The van der Waals surface area contributed by atoms with E-state index in [0.29, 0.717) is 19.0 Å². The van der Waals surface area contributed by atoms with E-state index in [-0.39, 0.29) is 31.0 Å². The summed E-state index contributed by atoms with van der Waals surface area (Å²) in [6.07, 6.45) is 3.88. The average molecular weight is 521 g/mol. The lowest BCUT2D eigenvalue weighted by molar-refractivity contribution is -0.102. The van der Waals surface area contributed by atoms with Crippen LogP contribution in [0.4, 0.5) is 9.18 Å². The summed E-state index contributed by atoms with van der Waals surface area (Å²) in [6.45, 7) is 5.55. The summed E-state index contributed by atoms with van der Waals surface area (Å²) in [5.41, 5.74) is 0.602. The van der Waals surface area contributed by atoms with Gasteiger partial charge >= 0.3 is 6.09 Å². The van der Waals surface area contributed by atoms with Crippen LogP contribution in [-0.4, -0.2) is 32.8 Å². The van der Waals surface area contributed by atoms with Crippen molar-refractivity contribution in [3.63, 3.8) is 0 Å². The molecule has 0 unspecified atom stereocenters. The van der Waals surface area contributed by atoms with E-state index < -0.39 is 23.1 Å². The molecule has 1 aromatic heterocycles. The molecule has 38 heavy (non-hydrogen) atoms. The maximum atomic E-state index is 14.8. The maximum absolute atomic E-state index is 14.8. The minimum atomic E-state index is -1.25. The van der Waals surface area contributed by atoms with Gasteiger partial charge in [-0.1, -0.05) is 49.9 Å². The van der Waals surface area contributed by atoms with Gasteiger partial charge in [0.2, 0.25) is 0 Å². The molecule has 1 saturated heterocycles. The number of halogens is 1. The number of rotatable bonds is 7. The average Bonchev–Trinajstić information content (AvgIpc) is 3.68. The van der Waals surface area contributed by atoms with Gasteiger partial charge < -0.3 is 19.3 Å². The van der Waals surface area contributed by atoms with E-state index in [0.717, 1.165) is 29.5 Å². The molecule has 7 heteroatoms. The van der Waals surface area contributed by atoms with Crippen LogP contribution in [0.1, 0.15) is 77.1 Å². The standard InChI is InChI=1S/C30H33FN2O4.CH4/c1-20(21-8-10-22(11-9-21)23-14-16-33(24-12-13-24)27(34)18-23)32-17-15-30(37-28(32)35,19-29(2,3)36)25-6-4-5-7-26(25)31;/h4-11,14,16,18,20,24,36H,12-13,15,17,19H2,1-3H3;1H4/t20-,30-;/m0./s1. The number of aromatic nitrogens is 1. The number of carbonyl (C=O) groups excluding carboxylic acids is 1. The lowest BCUT2D eigenvalue weighted by Gasteiger charge is -2.45. The van der Waals surface area contributed by atoms with Crippen molar-refractivity contribution in [3.8, 4) is 11.1 Å². The Balaban J connectivity index is 0.00000336. The summed E-state index contributed by atoms with van der Waals surface area (Å²) in [5, 5.41) is 10.6. The van der Waals surface area contributed by atoms with Gasteiger partial charge in [0.1, 0.15) is 11.4 Å². The fraction of sp³-hybridized carbons (Fsp3) is 0.419. The Morgan fingerprint density at radius 1 is 1.08 bits per heavy atom. The van der Waals surface area contributed by atoms with Crippen molar-refractivity contribution < 1.29 is 19.0 Å². The van der Waals surface area contributed by atoms with Gasteiger partial charge in [-0.15, -0.1) is 0 Å². The summed E-state index contributed by atoms with van der Waals surface area (Å²) in [4.78, 5) is 27.4.